The molecule has 7 heteroatoms. The van der Waals surface area contributed by atoms with Crippen molar-refractivity contribution in [2.24, 2.45) is 5.84 Å². The van der Waals surface area contributed by atoms with Crippen LogP contribution in [0.15, 0.2) is 16.5 Å². The molecular weight excluding hydrogens is 262 g/mol. The molecule has 0 radical (unpaired) electrons. The molecule has 112 valence electrons. The van der Waals surface area contributed by atoms with Crippen LogP contribution in [-0.2, 0) is 11.3 Å². The predicted octanol–water partition coefficient (Wildman–Crippen LogP) is -0.145. The molecule has 1 unspecified atom stereocenters. The minimum Gasteiger partial charge on any atom is -0.455 e. The summed E-state index contributed by atoms with van der Waals surface area (Å²) in [4.78, 5) is 13.5. The molecule has 1 atom stereocenters. The van der Waals surface area contributed by atoms with Gasteiger partial charge < -0.3 is 14.3 Å². The summed E-state index contributed by atoms with van der Waals surface area (Å²) in [6.45, 7) is 5.86. The first-order valence-electron chi connectivity index (χ1n) is 6.54. The van der Waals surface area contributed by atoms with Gasteiger partial charge >= 0.3 is 5.91 Å². The van der Waals surface area contributed by atoms with Crippen LogP contribution < -0.4 is 11.3 Å². The molecule has 1 fully saturated rings. The van der Waals surface area contributed by atoms with Crippen LogP contribution in [0, 0.1) is 0 Å². The number of hydrazine groups is 1. The van der Waals surface area contributed by atoms with Crippen LogP contribution in [0.4, 0.5) is 0 Å². The van der Waals surface area contributed by atoms with E-state index in [1.54, 1.807) is 12.1 Å². The highest BCUT2D eigenvalue weighted by Crippen LogP contribution is 2.22. The topological polar surface area (TPSA) is 101 Å². The minimum absolute atomic E-state index is 0.0150. The van der Waals surface area contributed by atoms with Crippen LogP contribution in [0.5, 0.6) is 0 Å². The third-order valence-electron chi connectivity index (χ3n) is 3.15. The SMILES string of the molecule is CC1(C)CN(Cc2ccc(C(=O)NN)o2)CC(CO)O1. The van der Waals surface area contributed by atoms with Gasteiger partial charge in [0.25, 0.3) is 0 Å². The minimum atomic E-state index is -0.452. The van der Waals surface area contributed by atoms with E-state index < -0.39 is 5.91 Å². The van der Waals surface area contributed by atoms with Crippen molar-refractivity contribution in [1.29, 1.82) is 0 Å². The Morgan fingerprint density at radius 2 is 2.35 bits per heavy atom. The number of morpholine rings is 1. The maximum absolute atomic E-state index is 11.3. The number of aliphatic hydroxyl groups excluding tert-OH is 1. The highest BCUT2D eigenvalue weighted by Gasteiger charge is 2.33. The predicted molar refractivity (Wildman–Crippen MR) is 71.7 cm³/mol. The second-order valence-electron chi connectivity index (χ2n) is 5.59. The van der Waals surface area contributed by atoms with Gasteiger partial charge in [0.15, 0.2) is 5.76 Å². The van der Waals surface area contributed by atoms with Crippen molar-refractivity contribution in [1.82, 2.24) is 10.3 Å². The van der Waals surface area contributed by atoms with Crippen LogP contribution >= 0.6 is 0 Å². The van der Waals surface area contributed by atoms with Crippen molar-refractivity contribution < 1.29 is 19.1 Å². The maximum atomic E-state index is 11.3. The van der Waals surface area contributed by atoms with Gasteiger partial charge in [-0.3, -0.25) is 15.1 Å². The molecule has 20 heavy (non-hydrogen) atoms. The van der Waals surface area contributed by atoms with Crippen molar-refractivity contribution in [3.63, 3.8) is 0 Å². The number of rotatable bonds is 4. The Morgan fingerprint density at radius 3 is 3.00 bits per heavy atom. The van der Waals surface area contributed by atoms with E-state index in [4.69, 9.17) is 15.0 Å². The third kappa shape index (κ3) is 3.57. The lowest BCUT2D eigenvalue weighted by atomic mass is 10.1. The fraction of sp³-hybridized carbons (Fsp3) is 0.615. The van der Waals surface area contributed by atoms with Gasteiger partial charge in [-0.1, -0.05) is 0 Å². The molecule has 0 bridgehead atoms. The quantitative estimate of drug-likeness (QED) is 0.404. The van der Waals surface area contributed by atoms with Gasteiger partial charge in [0, 0.05) is 13.1 Å². The summed E-state index contributed by atoms with van der Waals surface area (Å²) in [6.07, 6.45) is -0.208. The fourth-order valence-electron chi connectivity index (χ4n) is 2.51. The lowest BCUT2D eigenvalue weighted by Crippen LogP contribution is -2.53. The Hall–Kier alpha value is -1.41. The summed E-state index contributed by atoms with van der Waals surface area (Å²) in [5.74, 6) is 5.47. The molecule has 0 aromatic carbocycles. The van der Waals surface area contributed by atoms with Gasteiger partial charge in [-0.05, 0) is 26.0 Å². The first-order chi connectivity index (χ1) is 9.43. The Labute approximate surface area is 117 Å². The molecule has 2 heterocycles. The molecule has 1 aliphatic heterocycles. The summed E-state index contributed by atoms with van der Waals surface area (Å²) in [7, 11) is 0. The van der Waals surface area contributed by atoms with Gasteiger partial charge in [0.1, 0.15) is 5.76 Å². The van der Waals surface area contributed by atoms with E-state index in [-0.39, 0.29) is 24.1 Å². The largest absolute Gasteiger partial charge is 0.455 e. The summed E-state index contributed by atoms with van der Waals surface area (Å²) < 4.78 is 11.2. The molecule has 2 rings (SSSR count). The molecule has 0 spiro atoms. The average Bonchev–Trinajstić information content (AvgIpc) is 2.84. The number of nitrogen functional groups attached to an aromatic ring is 1. The lowest BCUT2D eigenvalue weighted by molar-refractivity contribution is -0.151. The summed E-state index contributed by atoms with van der Waals surface area (Å²) in [6, 6.07) is 3.34. The summed E-state index contributed by atoms with van der Waals surface area (Å²) in [5, 5.41) is 9.27. The van der Waals surface area contributed by atoms with E-state index in [9.17, 15) is 9.90 Å². The zero-order valence-electron chi connectivity index (χ0n) is 11.8. The Bertz CT molecular complexity index is 472. The molecule has 1 aromatic heterocycles. The van der Waals surface area contributed by atoms with Crippen molar-refractivity contribution in [3.05, 3.63) is 23.7 Å². The highest BCUT2D eigenvalue weighted by atomic mass is 16.5. The molecular formula is C13H21N3O4. The van der Waals surface area contributed by atoms with Crippen LogP contribution in [0.25, 0.3) is 0 Å². The van der Waals surface area contributed by atoms with Gasteiger partial charge in [0.05, 0.1) is 24.9 Å². The van der Waals surface area contributed by atoms with Crippen molar-refractivity contribution in [2.45, 2.75) is 32.1 Å². The van der Waals surface area contributed by atoms with Gasteiger partial charge in [-0.25, -0.2) is 5.84 Å². The third-order valence-corrected chi connectivity index (χ3v) is 3.15. The first kappa shape index (κ1) is 15.0. The monoisotopic (exact) mass is 283 g/mol. The number of amides is 1. The number of hydrogen-bond donors (Lipinski definition) is 3. The van der Waals surface area contributed by atoms with E-state index in [1.165, 1.54) is 0 Å². The number of hydrogen-bond acceptors (Lipinski definition) is 6. The number of carbonyl (C=O) groups excluding carboxylic acids is 1. The van der Waals surface area contributed by atoms with Crippen LogP contribution in [0.3, 0.4) is 0 Å². The van der Waals surface area contributed by atoms with E-state index in [1.807, 2.05) is 19.3 Å². The van der Waals surface area contributed by atoms with Gasteiger partial charge in [-0.15, -0.1) is 0 Å². The number of nitrogens with zero attached hydrogens (tertiary/aromatic N) is 1. The molecule has 1 aliphatic rings. The zero-order chi connectivity index (χ0) is 14.8. The van der Waals surface area contributed by atoms with Crippen molar-refractivity contribution in [2.75, 3.05) is 19.7 Å². The normalized spacial score (nSPS) is 22.7. The van der Waals surface area contributed by atoms with Crippen LogP contribution in [0.1, 0.15) is 30.2 Å². The molecule has 1 amide bonds. The highest BCUT2D eigenvalue weighted by molar-refractivity contribution is 5.90. The molecule has 0 aliphatic carbocycles. The van der Waals surface area contributed by atoms with Gasteiger partial charge in [0.2, 0.25) is 0 Å². The second kappa shape index (κ2) is 5.92. The number of furan rings is 1. The number of aliphatic hydroxyl groups is 1. The smallest absolute Gasteiger partial charge is 0.300 e. The van der Waals surface area contributed by atoms with Crippen LogP contribution in [-0.4, -0.2) is 47.3 Å². The maximum Gasteiger partial charge on any atom is 0.300 e. The number of ether oxygens (including phenoxy) is 1. The molecule has 7 nitrogen and oxygen atoms in total. The van der Waals surface area contributed by atoms with Crippen molar-refractivity contribution >= 4 is 5.91 Å². The molecule has 4 N–H and O–H groups in total. The number of nitrogens with one attached hydrogen (secondary N) is 1. The lowest BCUT2D eigenvalue weighted by Gasteiger charge is -2.42. The van der Waals surface area contributed by atoms with Crippen molar-refractivity contribution in [3.8, 4) is 0 Å². The summed E-state index contributed by atoms with van der Waals surface area (Å²) in [5.41, 5.74) is 1.70. The zero-order valence-corrected chi connectivity index (χ0v) is 11.8. The molecule has 1 aromatic rings. The average molecular weight is 283 g/mol. The first-order valence-corrected chi connectivity index (χ1v) is 6.54. The Morgan fingerprint density at radius 1 is 1.60 bits per heavy atom. The Kier molecular flexibility index (Phi) is 4.44. The number of nitrogens with two attached hydrogens (primary N) is 1. The van der Waals surface area contributed by atoms with E-state index in [0.29, 0.717) is 18.8 Å². The van der Waals surface area contributed by atoms with Gasteiger partial charge in [-0.2, -0.15) is 0 Å². The van der Waals surface area contributed by atoms with E-state index in [0.717, 1.165) is 6.54 Å². The number of carbonyl (C=O) groups is 1. The van der Waals surface area contributed by atoms with E-state index in [2.05, 4.69) is 4.90 Å². The summed E-state index contributed by atoms with van der Waals surface area (Å²) >= 11 is 0. The van der Waals surface area contributed by atoms with Crippen LogP contribution in [0.2, 0.25) is 0 Å². The molecule has 1 saturated heterocycles. The Balaban J connectivity index is 2.01. The van der Waals surface area contributed by atoms with E-state index >= 15 is 0 Å². The molecule has 0 saturated carbocycles. The fourth-order valence-corrected chi connectivity index (χ4v) is 2.51. The second-order valence-corrected chi connectivity index (χ2v) is 5.59. The standard InChI is InChI=1S/C13H21N3O4/c1-13(2)8-16(6-10(7-17)20-13)5-9-3-4-11(19-9)12(18)15-14/h3-4,10,17H,5-8,14H2,1-2H3,(H,15,18).